The lowest BCUT2D eigenvalue weighted by atomic mass is 10.4. The lowest BCUT2D eigenvalue weighted by Gasteiger charge is -2.00. The molecular formula is C8H6FN3. The second-order valence-corrected chi connectivity index (χ2v) is 2.30. The van der Waals surface area contributed by atoms with Gasteiger partial charge in [-0.05, 0) is 6.07 Å². The highest BCUT2D eigenvalue weighted by molar-refractivity contribution is 5.29. The zero-order valence-corrected chi connectivity index (χ0v) is 6.18. The van der Waals surface area contributed by atoms with Crippen LogP contribution in [-0.2, 0) is 0 Å². The first-order valence-electron chi connectivity index (χ1n) is 3.46. The van der Waals surface area contributed by atoms with Crippen LogP contribution >= 0.6 is 0 Å². The smallest absolute Gasteiger partial charge is 0.150 e. The molecule has 0 unspecified atom stereocenters. The van der Waals surface area contributed by atoms with Gasteiger partial charge in [-0.15, -0.1) is 0 Å². The van der Waals surface area contributed by atoms with E-state index in [9.17, 15) is 4.39 Å². The first kappa shape index (κ1) is 6.97. The molecule has 12 heavy (non-hydrogen) atoms. The van der Waals surface area contributed by atoms with Gasteiger partial charge in [0.1, 0.15) is 11.5 Å². The Hall–Kier alpha value is -1.71. The molecule has 0 aromatic carbocycles. The van der Waals surface area contributed by atoms with Crippen LogP contribution in [0.2, 0.25) is 0 Å². The van der Waals surface area contributed by atoms with E-state index in [2.05, 4.69) is 9.97 Å². The number of nitrogens with zero attached hydrogens (tertiary/aromatic N) is 3. The summed E-state index contributed by atoms with van der Waals surface area (Å²) in [6.45, 7) is 0. The summed E-state index contributed by atoms with van der Waals surface area (Å²) in [5, 5.41) is 0. The summed E-state index contributed by atoms with van der Waals surface area (Å²) in [5.41, 5.74) is 0.412. The molecule has 0 saturated carbocycles. The Morgan fingerprint density at radius 1 is 1.25 bits per heavy atom. The van der Waals surface area contributed by atoms with Crippen molar-refractivity contribution in [1.29, 1.82) is 0 Å². The van der Waals surface area contributed by atoms with Gasteiger partial charge < -0.3 is 4.57 Å². The minimum absolute atomic E-state index is 0.303. The standard InChI is InChI=1S/C8H6FN3/c9-7-1-2-10-5-8(7)12-4-3-11-6-12/h1-6H. The Morgan fingerprint density at radius 3 is 2.83 bits per heavy atom. The molecule has 0 spiro atoms. The molecule has 0 fully saturated rings. The molecule has 60 valence electrons. The number of hydrogen-bond donors (Lipinski definition) is 0. The predicted octanol–water partition coefficient (Wildman–Crippen LogP) is 1.41. The van der Waals surface area contributed by atoms with Gasteiger partial charge in [0.25, 0.3) is 0 Å². The molecule has 2 aromatic heterocycles. The summed E-state index contributed by atoms with van der Waals surface area (Å²) in [5.74, 6) is -0.303. The van der Waals surface area contributed by atoms with E-state index < -0.39 is 0 Å². The van der Waals surface area contributed by atoms with Crippen molar-refractivity contribution in [1.82, 2.24) is 14.5 Å². The normalized spacial score (nSPS) is 10.1. The Bertz CT molecular complexity index is 370. The fourth-order valence-electron chi connectivity index (χ4n) is 0.961. The van der Waals surface area contributed by atoms with E-state index in [0.29, 0.717) is 5.69 Å². The first-order valence-corrected chi connectivity index (χ1v) is 3.46. The molecule has 2 aromatic rings. The van der Waals surface area contributed by atoms with Crippen LogP contribution in [0.25, 0.3) is 5.69 Å². The zero-order chi connectivity index (χ0) is 8.39. The van der Waals surface area contributed by atoms with E-state index in [-0.39, 0.29) is 5.82 Å². The number of rotatable bonds is 1. The highest BCUT2D eigenvalue weighted by Gasteiger charge is 2.01. The maximum absolute atomic E-state index is 13.1. The molecule has 4 heteroatoms. The van der Waals surface area contributed by atoms with Crippen molar-refractivity contribution in [3.05, 3.63) is 43.0 Å². The van der Waals surface area contributed by atoms with Crippen LogP contribution in [0.15, 0.2) is 37.2 Å². The van der Waals surface area contributed by atoms with E-state index in [1.54, 1.807) is 17.0 Å². The summed E-state index contributed by atoms with van der Waals surface area (Å²) < 4.78 is 14.6. The fourth-order valence-corrected chi connectivity index (χ4v) is 0.961. The molecule has 2 heterocycles. The minimum atomic E-state index is -0.303. The predicted molar refractivity (Wildman–Crippen MR) is 41.3 cm³/mol. The average Bonchev–Trinajstić information content (AvgIpc) is 2.57. The second kappa shape index (κ2) is 2.73. The van der Waals surface area contributed by atoms with E-state index in [1.165, 1.54) is 24.8 Å². The van der Waals surface area contributed by atoms with Crippen molar-refractivity contribution in [2.24, 2.45) is 0 Å². The highest BCUT2D eigenvalue weighted by Crippen LogP contribution is 2.09. The lowest BCUT2D eigenvalue weighted by molar-refractivity contribution is 0.615. The molecule has 0 aliphatic carbocycles. The fraction of sp³-hybridized carbons (Fsp3) is 0. The molecule has 0 bridgehead atoms. The van der Waals surface area contributed by atoms with Crippen molar-refractivity contribution in [3.63, 3.8) is 0 Å². The Morgan fingerprint density at radius 2 is 2.17 bits per heavy atom. The maximum atomic E-state index is 13.1. The van der Waals surface area contributed by atoms with Gasteiger partial charge in [0.2, 0.25) is 0 Å². The van der Waals surface area contributed by atoms with Gasteiger partial charge in [-0.1, -0.05) is 0 Å². The van der Waals surface area contributed by atoms with Crippen LogP contribution in [0.4, 0.5) is 4.39 Å². The maximum Gasteiger partial charge on any atom is 0.150 e. The molecule has 0 amide bonds. The summed E-state index contributed by atoms with van der Waals surface area (Å²) in [6.07, 6.45) is 7.65. The number of halogens is 1. The lowest BCUT2D eigenvalue weighted by Crippen LogP contribution is -1.94. The Labute approximate surface area is 68.5 Å². The third-order valence-electron chi connectivity index (χ3n) is 1.53. The van der Waals surface area contributed by atoms with Crippen molar-refractivity contribution in [2.45, 2.75) is 0 Å². The summed E-state index contributed by atoms with van der Waals surface area (Å²) >= 11 is 0. The van der Waals surface area contributed by atoms with Gasteiger partial charge in [0.15, 0.2) is 0 Å². The molecule has 0 saturated heterocycles. The number of pyridine rings is 1. The van der Waals surface area contributed by atoms with Gasteiger partial charge in [-0.2, -0.15) is 0 Å². The molecule has 0 atom stereocenters. The average molecular weight is 163 g/mol. The summed E-state index contributed by atoms with van der Waals surface area (Å²) in [4.78, 5) is 7.62. The van der Waals surface area contributed by atoms with Crippen LogP contribution in [0.1, 0.15) is 0 Å². The molecule has 0 aliphatic rings. The van der Waals surface area contributed by atoms with Gasteiger partial charge in [0, 0.05) is 18.6 Å². The van der Waals surface area contributed by atoms with Crippen LogP contribution in [0.5, 0.6) is 0 Å². The molecule has 0 radical (unpaired) electrons. The summed E-state index contributed by atoms with van der Waals surface area (Å²) in [7, 11) is 0. The van der Waals surface area contributed by atoms with Crippen LogP contribution in [-0.4, -0.2) is 14.5 Å². The van der Waals surface area contributed by atoms with Gasteiger partial charge in [-0.25, -0.2) is 9.37 Å². The number of hydrogen-bond acceptors (Lipinski definition) is 2. The van der Waals surface area contributed by atoms with Crippen molar-refractivity contribution in [2.75, 3.05) is 0 Å². The number of aromatic nitrogens is 3. The number of imidazole rings is 1. The van der Waals surface area contributed by atoms with Gasteiger partial charge in [-0.3, -0.25) is 4.98 Å². The topological polar surface area (TPSA) is 30.7 Å². The molecule has 0 aliphatic heterocycles. The van der Waals surface area contributed by atoms with E-state index in [1.807, 2.05) is 0 Å². The monoisotopic (exact) mass is 163 g/mol. The molecular weight excluding hydrogens is 157 g/mol. The summed E-state index contributed by atoms with van der Waals surface area (Å²) in [6, 6.07) is 1.31. The van der Waals surface area contributed by atoms with Gasteiger partial charge >= 0.3 is 0 Å². The van der Waals surface area contributed by atoms with Crippen LogP contribution in [0.3, 0.4) is 0 Å². The zero-order valence-electron chi connectivity index (χ0n) is 6.18. The quantitative estimate of drug-likeness (QED) is 0.636. The highest BCUT2D eigenvalue weighted by atomic mass is 19.1. The largest absolute Gasteiger partial charge is 0.302 e. The van der Waals surface area contributed by atoms with Crippen LogP contribution < -0.4 is 0 Å². The first-order chi connectivity index (χ1) is 5.88. The minimum Gasteiger partial charge on any atom is -0.302 e. The van der Waals surface area contributed by atoms with Crippen molar-refractivity contribution >= 4 is 0 Å². The third-order valence-corrected chi connectivity index (χ3v) is 1.53. The molecule has 3 nitrogen and oxygen atoms in total. The Kier molecular flexibility index (Phi) is 1.59. The molecule has 0 N–H and O–H groups in total. The second-order valence-electron chi connectivity index (χ2n) is 2.30. The van der Waals surface area contributed by atoms with Gasteiger partial charge in [0.05, 0.1) is 12.5 Å². The van der Waals surface area contributed by atoms with Crippen molar-refractivity contribution < 1.29 is 4.39 Å². The van der Waals surface area contributed by atoms with E-state index in [0.717, 1.165) is 0 Å². The Balaban J connectivity index is 2.55. The third kappa shape index (κ3) is 1.07. The van der Waals surface area contributed by atoms with E-state index >= 15 is 0 Å². The SMILES string of the molecule is Fc1ccncc1-n1ccnc1. The van der Waals surface area contributed by atoms with Crippen LogP contribution in [0, 0.1) is 5.82 Å². The van der Waals surface area contributed by atoms with Crippen molar-refractivity contribution in [3.8, 4) is 5.69 Å². The van der Waals surface area contributed by atoms with E-state index in [4.69, 9.17) is 0 Å². The molecule has 2 rings (SSSR count).